The highest BCUT2D eigenvalue weighted by Crippen LogP contribution is 2.39. The number of alkyl halides is 3. The van der Waals surface area contributed by atoms with Crippen LogP contribution in [0.5, 0.6) is 0 Å². The van der Waals surface area contributed by atoms with E-state index in [0.717, 1.165) is 10.5 Å². The Morgan fingerprint density at radius 1 is 1.28 bits per heavy atom. The number of aromatic nitrogens is 3. The second kappa shape index (κ2) is 6.16. The molecule has 2 aromatic rings. The largest absolute Gasteiger partial charge is 0.327 e. The van der Waals surface area contributed by atoms with E-state index in [4.69, 9.17) is 0 Å². The monoisotopic (exact) mass is 350 g/mol. The number of hydrogen-bond acceptors (Lipinski definition) is 3. The molecule has 1 aliphatic heterocycles. The Morgan fingerprint density at radius 2 is 2.00 bits per heavy atom. The predicted molar refractivity (Wildman–Crippen MR) is 83.1 cm³/mol. The van der Waals surface area contributed by atoms with Crippen LogP contribution in [0.3, 0.4) is 0 Å². The molecule has 1 aromatic carbocycles. The summed E-state index contributed by atoms with van der Waals surface area (Å²) in [6, 6.07) is 8.75. The van der Waals surface area contributed by atoms with Crippen LogP contribution in [-0.2, 0) is 0 Å². The smallest absolute Gasteiger partial charge is 0.293 e. The highest BCUT2D eigenvalue weighted by atomic mass is 19.3. The Hall–Kier alpha value is -2.38. The van der Waals surface area contributed by atoms with Gasteiger partial charge < -0.3 is 4.90 Å². The van der Waals surface area contributed by atoms with Gasteiger partial charge in [0.05, 0.1) is 12.6 Å². The second-order valence-corrected chi connectivity index (χ2v) is 6.45. The third kappa shape index (κ3) is 3.01. The summed E-state index contributed by atoms with van der Waals surface area (Å²) in [6.45, 7) is -0.644. The SMILES string of the molecule is O=C(c1nc2n(n1)[C@H](c1ccccc1)C[C@@H]2F)N(CC(F)F)C1CC1. The molecular formula is C17H17F3N4O. The summed E-state index contributed by atoms with van der Waals surface area (Å²) >= 11 is 0. The van der Waals surface area contributed by atoms with E-state index in [1.165, 1.54) is 4.68 Å². The van der Waals surface area contributed by atoms with Crippen LogP contribution in [0.1, 0.15) is 53.5 Å². The van der Waals surface area contributed by atoms with E-state index in [0.29, 0.717) is 12.8 Å². The Bertz CT molecular complexity index is 775. The van der Waals surface area contributed by atoms with Crippen LogP contribution in [0.2, 0.25) is 0 Å². The molecule has 1 saturated carbocycles. The van der Waals surface area contributed by atoms with Crippen molar-refractivity contribution in [2.45, 2.75) is 43.9 Å². The van der Waals surface area contributed by atoms with Crippen molar-refractivity contribution in [3.63, 3.8) is 0 Å². The maximum atomic E-state index is 14.3. The van der Waals surface area contributed by atoms with E-state index in [9.17, 15) is 18.0 Å². The number of carbonyl (C=O) groups excluding carboxylic acids is 1. The number of carbonyl (C=O) groups is 1. The second-order valence-electron chi connectivity index (χ2n) is 6.45. The van der Waals surface area contributed by atoms with Gasteiger partial charge in [-0.05, 0) is 18.4 Å². The van der Waals surface area contributed by atoms with Gasteiger partial charge in [-0.25, -0.2) is 22.8 Å². The Morgan fingerprint density at radius 3 is 2.64 bits per heavy atom. The summed E-state index contributed by atoms with van der Waals surface area (Å²) in [5.74, 6) is -0.764. The first-order valence-corrected chi connectivity index (χ1v) is 8.29. The van der Waals surface area contributed by atoms with Crippen molar-refractivity contribution in [2.75, 3.05) is 6.54 Å². The van der Waals surface area contributed by atoms with Crippen LogP contribution < -0.4 is 0 Å². The van der Waals surface area contributed by atoms with Gasteiger partial charge in [0.2, 0.25) is 5.82 Å². The van der Waals surface area contributed by atoms with E-state index in [1.807, 2.05) is 30.3 Å². The number of hydrogen-bond donors (Lipinski definition) is 0. The van der Waals surface area contributed by atoms with Gasteiger partial charge >= 0.3 is 0 Å². The van der Waals surface area contributed by atoms with Crippen LogP contribution in [0.15, 0.2) is 30.3 Å². The molecule has 0 unspecified atom stereocenters. The van der Waals surface area contributed by atoms with Gasteiger partial charge in [-0.3, -0.25) is 4.79 Å². The standard InChI is InChI=1S/C17H17F3N4O/c18-12-8-13(10-4-2-1-3-5-10)24-16(12)21-15(22-24)17(25)23(9-14(19)20)11-6-7-11/h1-5,11-14H,6-9H2/t12-,13-/m0/s1. The van der Waals surface area contributed by atoms with Gasteiger partial charge in [-0.2, -0.15) is 0 Å². The van der Waals surface area contributed by atoms with Gasteiger partial charge in [-0.15, -0.1) is 5.10 Å². The van der Waals surface area contributed by atoms with Crippen molar-refractivity contribution in [1.29, 1.82) is 0 Å². The predicted octanol–water partition coefficient (Wildman–Crippen LogP) is 3.15. The van der Waals surface area contributed by atoms with Crippen molar-refractivity contribution in [3.8, 4) is 0 Å². The van der Waals surface area contributed by atoms with E-state index in [1.54, 1.807) is 0 Å². The Kier molecular flexibility index (Phi) is 3.97. The number of halogens is 3. The zero-order valence-electron chi connectivity index (χ0n) is 13.4. The third-order valence-electron chi connectivity index (χ3n) is 4.62. The van der Waals surface area contributed by atoms with Gasteiger partial charge in [0.25, 0.3) is 12.3 Å². The Labute approximate surface area is 142 Å². The van der Waals surface area contributed by atoms with Gasteiger partial charge in [0.1, 0.15) is 0 Å². The number of fused-ring (bicyclic) bond motifs is 1. The molecule has 4 rings (SSSR count). The molecule has 1 fully saturated rings. The van der Waals surface area contributed by atoms with Gasteiger partial charge in [0.15, 0.2) is 12.0 Å². The average molecular weight is 350 g/mol. The van der Waals surface area contributed by atoms with E-state index >= 15 is 0 Å². The first-order chi connectivity index (χ1) is 12.0. The maximum absolute atomic E-state index is 14.3. The summed E-state index contributed by atoms with van der Waals surface area (Å²) < 4.78 is 41.3. The topological polar surface area (TPSA) is 51.0 Å². The summed E-state index contributed by atoms with van der Waals surface area (Å²) in [6.07, 6.45) is -2.35. The molecule has 2 atom stereocenters. The Balaban J connectivity index is 1.63. The lowest BCUT2D eigenvalue weighted by Gasteiger charge is -2.20. The molecule has 0 bridgehead atoms. The number of benzene rings is 1. The minimum Gasteiger partial charge on any atom is -0.327 e. The van der Waals surface area contributed by atoms with E-state index in [2.05, 4.69) is 10.1 Å². The van der Waals surface area contributed by atoms with Crippen molar-refractivity contribution < 1.29 is 18.0 Å². The number of amides is 1. The van der Waals surface area contributed by atoms with E-state index in [-0.39, 0.29) is 30.2 Å². The van der Waals surface area contributed by atoms with Crippen molar-refractivity contribution in [1.82, 2.24) is 19.7 Å². The molecule has 132 valence electrons. The molecule has 0 saturated heterocycles. The van der Waals surface area contributed by atoms with Crippen molar-refractivity contribution in [3.05, 3.63) is 47.5 Å². The zero-order chi connectivity index (χ0) is 17.6. The first-order valence-electron chi connectivity index (χ1n) is 8.29. The highest BCUT2D eigenvalue weighted by Gasteiger charge is 2.40. The van der Waals surface area contributed by atoms with Crippen molar-refractivity contribution in [2.24, 2.45) is 0 Å². The molecule has 0 N–H and O–H groups in total. The molecule has 1 amide bonds. The summed E-state index contributed by atoms with van der Waals surface area (Å²) in [5.41, 5.74) is 0.874. The lowest BCUT2D eigenvalue weighted by Crippen LogP contribution is -2.37. The normalized spacial score (nSPS) is 22.2. The fourth-order valence-corrected chi connectivity index (χ4v) is 3.28. The molecule has 8 heteroatoms. The van der Waals surface area contributed by atoms with Crippen LogP contribution in [-0.4, -0.2) is 44.6 Å². The van der Waals surface area contributed by atoms with Crippen LogP contribution in [0.4, 0.5) is 13.2 Å². The number of rotatable bonds is 5. The average Bonchev–Trinajstić information content (AvgIpc) is 3.27. The first kappa shape index (κ1) is 16.1. The summed E-state index contributed by atoms with van der Waals surface area (Å²) in [4.78, 5) is 17.7. The fourth-order valence-electron chi connectivity index (χ4n) is 3.28. The van der Waals surface area contributed by atoms with Gasteiger partial charge in [-0.1, -0.05) is 30.3 Å². The number of nitrogens with zero attached hydrogens (tertiary/aromatic N) is 4. The van der Waals surface area contributed by atoms with E-state index < -0.39 is 25.0 Å². The molecule has 0 spiro atoms. The molecule has 0 radical (unpaired) electrons. The minimum absolute atomic E-state index is 0.0880. The molecule has 25 heavy (non-hydrogen) atoms. The van der Waals surface area contributed by atoms with Gasteiger partial charge in [0, 0.05) is 12.5 Å². The maximum Gasteiger partial charge on any atom is 0.293 e. The zero-order valence-corrected chi connectivity index (χ0v) is 13.4. The van der Waals surface area contributed by atoms with Crippen molar-refractivity contribution >= 4 is 5.91 Å². The third-order valence-corrected chi connectivity index (χ3v) is 4.62. The van der Waals surface area contributed by atoms with Crippen LogP contribution in [0, 0.1) is 0 Å². The van der Waals surface area contributed by atoms with Crippen LogP contribution in [0.25, 0.3) is 0 Å². The molecule has 1 aliphatic carbocycles. The van der Waals surface area contributed by atoms with Crippen LogP contribution >= 0.6 is 0 Å². The summed E-state index contributed by atoms with van der Waals surface area (Å²) in [5, 5.41) is 4.17. The quantitative estimate of drug-likeness (QED) is 0.832. The summed E-state index contributed by atoms with van der Waals surface area (Å²) in [7, 11) is 0. The lowest BCUT2D eigenvalue weighted by atomic mass is 10.0. The highest BCUT2D eigenvalue weighted by molar-refractivity contribution is 5.91. The lowest BCUT2D eigenvalue weighted by molar-refractivity contribution is 0.0523. The molecule has 2 heterocycles. The molecule has 1 aromatic heterocycles. The minimum atomic E-state index is -2.62. The molecule has 5 nitrogen and oxygen atoms in total. The molecular weight excluding hydrogens is 333 g/mol. The molecule has 2 aliphatic rings. The fraction of sp³-hybridized carbons (Fsp3) is 0.471.